The minimum absolute atomic E-state index is 0.00320. The number of rotatable bonds is 9. The van der Waals surface area contributed by atoms with Crippen LogP contribution in [0.4, 0.5) is 0 Å². The lowest BCUT2D eigenvalue weighted by Gasteiger charge is -2.14. The second kappa shape index (κ2) is 10.5. The van der Waals surface area contributed by atoms with Gasteiger partial charge in [0, 0.05) is 17.7 Å². The summed E-state index contributed by atoms with van der Waals surface area (Å²) < 4.78 is 10.8. The summed E-state index contributed by atoms with van der Waals surface area (Å²) >= 11 is 0. The number of carboxylic acids is 1. The Kier molecular flexibility index (Phi) is 7.76. The van der Waals surface area contributed by atoms with Gasteiger partial charge in [-0.05, 0) is 29.8 Å². The zero-order valence-corrected chi connectivity index (χ0v) is 15.1. The molecular formula is C21H20N2O5. The Balaban J connectivity index is 1.90. The fourth-order valence-corrected chi connectivity index (χ4v) is 2.29. The van der Waals surface area contributed by atoms with Crippen molar-refractivity contribution < 1.29 is 24.2 Å². The van der Waals surface area contributed by atoms with Gasteiger partial charge in [0.1, 0.15) is 19.0 Å². The number of nitrogens with two attached hydrogens (primary N) is 1. The van der Waals surface area contributed by atoms with Crippen LogP contribution in [0.5, 0.6) is 5.75 Å². The number of hydrogen-bond acceptors (Lipinski definition) is 6. The third-order valence-electron chi connectivity index (χ3n) is 3.67. The molecule has 0 aromatic heterocycles. The maximum atomic E-state index is 11.9. The first-order chi connectivity index (χ1) is 13.5. The second-order valence-electron chi connectivity index (χ2n) is 5.96. The molecule has 0 saturated heterocycles. The molecule has 0 aliphatic carbocycles. The van der Waals surface area contributed by atoms with Crippen LogP contribution in [0.25, 0.3) is 6.08 Å². The first-order valence-electron chi connectivity index (χ1n) is 8.51. The Labute approximate surface area is 162 Å². The van der Waals surface area contributed by atoms with E-state index in [1.54, 1.807) is 12.1 Å². The molecule has 0 bridgehead atoms. The molecule has 0 aliphatic heterocycles. The Morgan fingerprint density at radius 1 is 1.21 bits per heavy atom. The number of ether oxygens (including phenoxy) is 2. The van der Waals surface area contributed by atoms with Crippen molar-refractivity contribution in [1.82, 2.24) is 0 Å². The summed E-state index contributed by atoms with van der Waals surface area (Å²) in [7, 11) is 0. The SMILES string of the molecule is N#Cc1ccc(/C=C/C(=O)O)c(OCC(N)CC(=O)OCc2ccccc2)c1. The summed E-state index contributed by atoms with van der Waals surface area (Å²) in [5, 5.41) is 17.8. The number of aliphatic carboxylic acids is 1. The summed E-state index contributed by atoms with van der Waals surface area (Å²) in [5.41, 5.74) is 7.66. The van der Waals surface area contributed by atoms with Gasteiger partial charge in [0.05, 0.1) is 18.1 Å². The van der Waals surface area contributed by atoms with Crippen molar-refractivity contribution in [2.45, 2.75) is 19.1 Å². The van der Waals surface area contributed by atoms with E-state index in [-0.39, 0.29) is 19.6 Å². The van der Waals surface area contributed by atoms with Gasteiger partial charge in [0.15, 0.2) is 0 Å². The quantitative estimate of drug-likeness (QED) is 0.506. The van der Waals surface area contributed by atoms with E-state index in [0.717, 1.165) is 11.6 Å². The molecule has 3 N–H and O–H groups in total. The van der Waals surface area contributed by atoms with Crippen LogP contribution in [-0.2, 0) is 20.9 Å². The van der Waals surface area contributed by atoms with Gasteiger partial charge in [0.2, 0.25) is 0 Å². The van der Waals surface area contributed by atoms with Gasteiger partial charge in [-0.1, -0.05) is 30.3 Å². The third kappa shape index (κ3) is 6.94. The lowest BCUT2D eigenvalue weighted by Crippen LogP contribution is -2.31. The predicted molar refractivity (Wildman–Crippen MR) is 102 cm³/mol. The number of carbonyl (C=O) groups is 2. The molecule has 28 heavy (non-hydrogen) atoms. The maximum absolute atomic E-state index is 11.9. The van der Waals surface area contributed by atoms with Gasteiger partial charge < -0.3 is 20.3 Å². The number of nitriles is 1. The van der Waals surface area contributed by atoms with Gasteiger partial charge in [-0.3, -0.25) is 4.79 Å². The van der Waals surface area contributed by atoms with E-state index >= 15 is 0 Å². The first kappa shape index (κ1) is 20.7. The number of carboxylic acid groups (broad SMARTS) is 1. The molecule has 0 saturated carbocycles. The highest BCUT2D eigenvalue weighted by Crippen LogP contribution is 2.22. The average Bonchev–Trinajstić information content (AvgIpc) is 2.70. The van der Waals surface area contributed by atoms with Crippen molar-refractivity contribution in [3.05, 3.63) is 71.3 Å². The zero-order chi connectivity index (χ0) is 20.4. The lowest BCUT2D eigenvalue weighted by molar-refractivity contribution is -0.145. The molecule has 0 heterocycles. The van der Waals surface area contributed by atoms with Crippen LogP contribution in [0.2, 0.25) is 0 Å². The Morgan fingerprint density at radius 2 is 1.96 bits per heavy atom. The van der Waals surface area contributed by atoms with Crippen LogP contribution in [0.15, 0.2) is 54.6 Å². The van der Waals surface area contributed by atoms with Crippen LogP contribution in [0, 0.1) is 11.3 Å². The lowest BCUT2D eigenvalue weighted by atomic mass is 10.1. The second-order valence-corrected chi connectivity index (χ2v) is 5.96. The number of benzene rings is 2. The molecule has 0 spiro atoms. The standard InChI is InChI=1S/C21H20N2O5/c22-12-16-6-7-17(8-9-20(24)25)19(10-16)27-14-18(23)11-21(26)28-13-15-4-2-1-3-5-15/h1-10,18H,11,13-14,23H2,(H,24,25)/b9-8+. The zero-order valence-electron chi connectivity index (χ0n) is 15.1. The van der Waals surface area contributed by atoms with E-state index in [2.05, 4.69) is 0 Å². The summed E-state index contributed by atoms with van der Waals surface area (Å²) in [6.07, 6.45) is 2.29. The molecule has 0 fully saturated rings. The van der Waals surface area contributed by atoms with Crippen molar-refractivity contribution in [3.63, 3.8) is 0 Å². The van der Waals surface area contributed by atoms with Crippen molar-refractivity contribution in [2.24, 2.45) is 5.73 Å². The van der Waals surface area contributed by atoms with Crippen molar-refractivity contribution in [2.75, 3.05) is 6.61 Å². The molecule has 1 atom stereocenters. The van der Waals surface area contributed by atoms with E-state index in [1.807, 2.05) is 36.4 Å². The summed E-state index contributed by atoms with van der Waals surface area (Å²) in [5.74, 6) is -1.24. The largest absolute Gasteiger partial charge is 0.491 e. The highest BCUT2D eigenvalue weighted by molar-refractivity contribution is 5.86. The predicted octanol–water partition coefficient (Wildman–Crippen LogP) is 2.50. The van der Waals surface area contributed by atoms with Crippen LogP contribution >= 0.6 is 0 Å². The minimum atomic E-state index is -1.10. The van der Waals surface area contributed by atoms with Crippen molar-refractivity contribution >= 4 is 18.0 Å². The van der Waals surface area contributed by atoms with Gasteiger partial charge in [0.25, 0.3) is 0 Å². The van der Waals surface area contributed by atoms with Crippen LogP contribution < -0.4 is 10.5 Å². The fraction of sp³-hybridized carbons (Fsp3) is 0.190. The van der Waals surface area contributed by atoms with E-state index in [9.17, 15) is 9.59 Å². The average molecular weight is 380 g/mol. The number of hydrogen-bond donors (Lipinski definition) is 2. The van der Waals surface area contributed by atoms with Crippen molar-refractivity contribution in [1.29, 1.82) is 5.26 Å². The molecule has 2 aromatic carbocycles. The molecule has 7 nitrogen and oxygen atoms in total. The Morgan fingerprint density at radius 3 is 2.64 bits per heavy atom. The van der Waals surface area contributed by atoms with Crippen LogP contribution in [0.1, 0.15) is 23.1 Å². The molecular weight excluding hydrogens is 360 g/mol. The highest BCUT2D eigenvalue weighted by atomic mass is 16.5. The molecule has 0 amide bonds. The number of esters is 1. The molecule has 144 valence electrons. The van der Waals surface area contributed by atoms with E-state index in [4.69, 9.17) is 25.6 Å². The monoisotopic (exact) mass is 380 g/mol. The van der Waals surface area contributed by atoms with Crippen LogP contribution in [0.3, 0.4) is 0 Å². The molecule has 0 radical (unpaired) electrons. The Hall–Kier alpha value is -3.63. The number of carbonyl (C=O) groups excluding carboxylic acids is 1. The van der Waals surface area contributed by atoms with E-state index in [1.165, 1.54) is 12.1 Å². The topological polar surface area (TPSA) is 123 Å². The van der Waals surface area contributed by atoms with Crippen molar-refractivity contribution in [3.8, 4) is 11.8 Å². The fourth-order valence-electron chi connectivity index (χ4n) is 2.29. The molecule has 2 aromatic rings. The highest BCUT2D eigenvalue weighted by Gasteiger charge is 2.13. The summed E-state index contributed by atoms with van der Waals surface area (Å²) in [6, 6.07) is 15.3. The normalized spacial score (nSPS) is 11.6. The molecule has 2 rings (SSSR count). The summed E-state index contributed by atoms with van der Waals surface area (Å²) in [4.78, 5) is 22.6. The molecule has 1 unspecified atom stereocenters. The third-order valence-corrected chi connectivity index (χ3v) is 3.67. The maximum Gasteiger partial charge on any atom is 0.328 e. The van der Waals surface area contributed by atoms with Gasteiger partial charge >= 0.3 is 11.9 Å². The van der Waals surface area contributed by atoms with Gasteiger partial charge in [-0.15, -0.1) is 0 Å². The van der Waals surface area contributed by atoms with E-state index < -0.39 is 18.0 Å². The smallest absolute Gasteiger partial charge is 0.328 e. The molecule has 0 aliphatic rings. The first-order valence-corrected chi connectivity index (χ1v) is 8.51. The van der Waals surface area contributed by atoms with Crippen LogP contribution in [-0.4, -0.2) is 29.7 Å². The minimum Gasteiger partial charge on any atom is -0.491 e. The Bertz CT molecular complexity index is 887. The molecule has 7 heteroatoms. The van der Waals surface area contributed by atoms with Gasteiger partial charge in [-0.2, -0.15) is 5.26 Å². The summed E-state index contributed by atoms with van der Waals surface area (Å²) in [6.45, 7) is 0.171. The van der Waals surface area contributed by atoms with E-state index in [0.29, 0.717) is 16.9 Å². The van der Waals surface area contributed by atoms with Gasteiger partial charge in [-0.25, -0.2) is 4.79 Å². The number of nitrogens with zero attached hydrogens (tertiary/aromatic N) is 1.